The van der Waals surface area contributed by atoms with E-state index in [2.05, 4.69) is 10.5 Å². The average Bonchev–Trinajstić information content (AvgIpc) is 3.08. The first-order chi connectivity index (χ1) is 14.6. The molecule has 0 saturated carbocycles. The smallest absolute Gasteiger partial charge is 0.408 e. The molecule has 0 aliphatic rings. The standard InChI is InChI=1S/C21H26N2O8/c1-5-28-19(26)16-14(11-15(18(24)25)22-20(27)30-21(2,3)4)17(23-31-16)29-12-13-9-7-6-8-10-13/h6-10,15H,5,11-12H2,1-4H3,(H,22,27)(H,24,25)/t15-/m0/s1. The molecule has 168 valence electrons. The van der Waals surface area contributed by atoms with Crippen LogP contribution in [0.3, 0.4) is 0 Å². The van der Waals surface area contributed by atoms with E-state index in [-0.39, 0.29) is 36.8 Å². The number of carboxylic acid groups (broad SMARTS) is 1. The molecule has 0 radical (unpaired) electrons. The van der Waals surface area contributed by atoms with Gasteiger partial charge in [-0.25, -0.2) is 14.4 Å². The maximum Gasteiger partial charge on any atom is 0.408 e. The number of hydrogen-bond donors (Lipinski definition) is 2. The van der Waals surface area contributed by atoms with Crippen LogP contribution in [0, 0.1) is 0 Å². The van der Waals surface area contributed by atoms with Gasteiger partial charge in [-0.2, -0.15) is 0 Å². The van der Waals surface area contributed by atoms with E-state index in [1.165, 1.54) is 0 Å². The van der Waals surface area contributed by atoms with Gasteiger partial charge in [0.05, 0.1) is 12.2 Å². The van der Waals surface area contributed by atoms with Gasteiger partial charge in [0.1, 0.15) is 18.2 Å². The van der Waals surface area contributed by atoms with Gasteiger partial charge in [0.25, 0.3) is 11.6 Å². The second kappa shape index (κ2) is 10.5. The van der Waals surface area contributed by atoms with E-state index in [4.69, 9.17) is 18.7 Å². The van der Waals surface area contributed by atoms with Gasteiger partial charge in [-0.3, -0.25) is 0 Å². The van der Waals surface area contributed by atoms with Crippen molar-refractivity contribution in [1.29, 1.82) is 0 Å². The maximum atomic E-state index is 12.2. The van der Waals surface area contributed by atoms with Gasteiger partial charge in [-0.05, 0) is 38.4 Å². The van der Waals surface area contributed by atoms with Crippen LogP contribution in [0.1, 0.15) is 49.4 Å². The summed E-state index contributed by atoms with van der Waals surface area (Å²) in [6.07, 6.45) is -1.25. The number of carbonyl (C=O) groups excluding carboxylic acids is 2. The van der Waals surface area contributed by atoms with Crippen LogP contribution in [0.4, 0.5) is 4.79 Å². The minimum absolute atomic E-state index is 0.0656. The van der Waals surface area contributed by atoms with Crippen molar-refractivity contribution in [3.63, 3.8) is 0 Å². The van der Waals surface area contributed by atoms with Crippen LogP contribution in [-0.4, -0.2) is 46.5 Å². The first kappa shape index (κ1) is 23.7. The molecule has 1 aromatic carbocycles. The molecule has 0 bridgehead atoms. The summed E-state index contributed by atoms with van der Waals surface area (Å²) in [5.74, 6) is -2.51. The van der Waals surface area contributed by atoms with Gasteiger partial charge >= 0.3 is 18.0 Å². The van der Waals surface area contributed by atoms with E-state index in [1.807, 2.05) is 30.3 Å². The van der Waals surface area contributed by atoms with Crippen molar-refractivity contribution in [2.45, 2.75) is 52.4 Å². The number of carbonyl (C=O) groups is 3. The van der Waals surface area contributed by atoms with Crippen LogP contribution in [0.15, 0.2) is 34.9 Å². The maximum absolute atomic E-state index is 12.2. The number of nitrogens with one attached hydrogen (secondary N) is 1. The Morgan fingerprint density at radius 2 is 1.87 bits per heavy atom. The number of rotatable bonds is 9. The third kappa shape index (κ3) is 7.32. The van der Waals surface area contributed by atoms with E-state index < -0.39 is 29.7 Å². The zero-order valence-electron chi connectivity index (χ0n) is 17.8. The van der Waals surface area contributed by atoms with Gasteiger partial charge in [0.2, 0.25) is 0 Å². The van der Waals surface area contributed by atoms with Crippen molar-refractivity contribution in [3.05, 3.63) is 47.2 Å². The molecule has 10 heteroatoms. The van der Waals surface area contributed by atoms with Crippen LogP contribution >= 0.6 is 0 Å². The molecule has 2 rings (SSSR count). The fourth-order valence-electron chi connectivity index (χ4n) is 2.52. The highest BCUT2D eigenvalue weighted by atomic mass is 16.6. The summed E-state index contributed by atoms with van der Waals surface area (Å²) < 4.78 is 20.8. The third-order valence-electron chi connectivity index (χ3n) is 3.83. The summed E-state index contributed by atoms with van der Waals surface area (Å²) in [5, 5.41) is 15.6. The molecule has 0 spiro atoms. The molecule has 0 aliphatic carbocycles. The molecular weight excluding hydrogens is 408 g/mol. The number of ether oxygens (including phenoxy) is 3. The largest absolute Gasteiger partial charge is 0.480 e. The average molecular weight is 434 g/mol. The van der Waals surface area contributed by atoms with Gasteiger partial charge in [-0.1, -0.05) is 30.3 Å². The van der Waals surface area contributed by atoms with Crippen LogP contribution in [0.2, 0.25) is 0 Å². The van der Waals surface area contributed by atoms with Crippen LogP contribution in [0.5, 0.6) is 5.88 Å². The molecule has 1 aromatic heterocycles. The highest BCUT2D eigenvalue weighted by molar-refractivity contribution is 5.89. The lowest BCUT2D eigenvalue weighted by atomic mass is 10.1. The summed E-state index contributed by atoms with van der Waals surface area (Å²) in [4.78, 5) is 36.0. The van der Waals surface area contributed by atoms with Gasteiger partial charge in [0, 0.05) is 6.42 Å². The first-order valence-electron chi connectivity index (χ1n) is 9.65. The third-order valence-corrected chi connectivity index (χ3v) is 3.83. The molecule has 1 amide bonds. The number of carboxylic acids is 1. The Morgan fingerprint density at radius 1 is 1.19 bits per heavy atom. The van der Waals surface area contributed by atoms with E-state index in [9.17, 15) is 19.5 Å². The van der Waals surface area contributed by atoms with Crippen molar-refractivity contribution < 1.29 is 38.2 Å². The highest BCUT2D eigenvalue weighted by Crippen LogP contribution is 2.25. The van der Waals surface area contributed by atoms with Crippen molar-refractivity contribution in [3.8, 4) is 5.88 Å². The number of aliphatic carboxylic acids is 1. The fraction of sp³-hybridized carbons (Fsp3) is 0.429. The van der Waals surface area contributed by atoms with Crippen molar-refractivity contribution >= 4 is 18.0 Å². The number of amides is 1. The minimum atomic E-state index is -1.43. The Morgan fingerprint density at radius 3 is 2.45 bits per heavy atom. The predicted molar refractivity (Wildman–Crippen MR) is 108 cm³/mol. The molecule has 0 aliphatic heterocycles. The normalized spacial score (nSPS) is 12.0. The highest BCUT2D eigenvalue weighted by Gasteiger charge is 2.31. The molecule has 2 N–H and O–H groups in total. The zero-order chi connectivity index (χ0) is 23.0. The molecular formula is C21H26N2O8. The number of alkyl carbamates (subject to hydrolysis) is 1. The second-order valence-corrected chi connectivity index (χ2v) is 7.53. The van der Waals surface area contributed by atoms with Gasteiger partial charge in [0.15, 0.2) is 0 Å². The van der Waals surface area contributed by atoms with E-state index in [0.717, 1.165) is 5.56 Å². The lowest BCUT2D eigenvalue weighted by Crippen LogP contribution is -2.44. The minimum Gasteiger partial charge on any atom is -0.480 e. The first-order valence-corrected chi connectivity index (χ1v) is 9.65. The second-order valence-electron chi connectivity index (χ2n) is 7.53. The molecule has 0 fully saturated rings. The SMILES string of the molecule is CCOC(=O)c1onc(OCc2ccccc2)c1C[C@H](NC(=O)OC(C)(C)C)C(=O)O. The van der Waals surface area contributed by atoms with Crippen LogP contribution in [-0.2, 0) is 27.3 Å². The Kier molecular flexibility index (Phi) is 8.00. The number of nitrogens with zero attached hydrogens (tertiary/aromatic N) is 1. The number of benzene rings is 1. The molecule has 1 heterocycles. The van der Waals surface area contributed by atoms with E-state index in [1.54, 1.807) is 27.7 Å². The van der Waals surface area contributed by atoms with Gasteiger partial charge < -0.3 is 29.2 Å². The summed E-state index contributed by atoms with van der Waals surface area (Å²) in [5.41, 5.74) is 0.0818. The number of esters is 1. The summed E-state index contributed by atoms with van der Waals surface area (Å²) in [6.45, 7) is 6.76. The quantitative estimate of drug-likeness (QED) is 0.571. The Balaban J connectivity index is 2.26. The monoisotopic (exact) mass is 434 g/mol. The summed E-state index contributed by atoms with van der Waals surface area (Å²) in [7, 11) is 0. The van der Waals surface area contributed by atoms with E-state index in [0.29, 0.717) is 0 Å². The topological polar surface area (TPSA) is 137 Å². The fourth-order valence-corrected chi connectivity index (χ4v) is 2.52. The Labute approximate surface area is 179 Å². The van der Waals surface area contributed by atoms with Crippen LogP contribution in [0.25, 0.3) is 0 Å². The van der Waals surface area contributed by atoms with Gasteiger partial charge in [-0.15, -0.1) is 0 Å². The summed E-state index contributed by atoms with van der Waals surface area (Å²) in [6, 6.07) is 7.74. The lowest BCUT2D eigenvalue weighted by Gasteiger charge is -2.22. The van der Waals surface area contributed by atoms with Crippen molar-refractivity contribution in [2.24, 2.45) is 0 Å². The molecule has 1 atom stereocenters. The Hall–Kier alpha value is -3.56. The number of aromatic nitrogens is 1. The molecule has 0 unspecified atom stereocenters. The molecule has 2 aromatic rings. The van der Waals surface area contributed by atoms with Crippen LogP contribution < -0.4 is 10.1 Å². The van der Waals surface area contributed by atoms with Crippen molar-refractivity contribution in [1.82, 2.24) is 10.5 Å². The zero-order valence-corrected chi connectivity index (χ0v) is 17.8. The predicted octanol–water partition coefficient (Wildman–Crippen LogP) is 2.95. The number of hydrogen-bond acceptors (Lipinski definition) is 8. The Bertz CT molecular complexity index is 902. The molecule has 10 nitrogen and oxygen atoms in total. The van der Waals surface area contributed by atoms with E-state index >= 15 is 0 Å². The van der Waals surface area contributed by atoms with Crippen molar-refractivity contribution in [2.75, 3.05) is 6.61 Å². The molecule has 0 saturated heterocycles. The summed E-state index contributed by atoms with van der Waals surface area (Å²) >= 11 is 0. The molecule has 31 heavy (non-hydrogen) atoms. The lowest BCUT2D eigenvalue weighted by molar-refractivity contribution is -0.139.